The van der Waals surface area contributed by atoms with Crippen LogP contribution in [0, 0.1) is 28.6 Å². The number of aliphatic hydroxyl groups is 1. The Labute approximate surface area is 165 Å². The Morgan fingerprint density at radius 3 is 2.79 bits per heavy atom. The van der Waals surface area contributed by atoms with Gasteiger partial charge in [0.25, 0.3) is 5.78 Å². The zero-order valence-electron chi connectivity index (χ0n) is 16.7. The van der Waals surface area contributed by atoms with Crippen molar-refractivity contribution in [3.05, 3.63) is 35.5 Å². The number of esters is 1. The summed E-state index contributed by atoms with van der Waals surface area (Å²) in [5.74, 6) is -0.896. The molecule has 5 nitrogen and oxygen atoms in total. The van der Waals surface area contributed by atoms with Crippen LogP contribution in [0.2, 0.25) is 0 Å². The summed E-state index contributed by atoms with van der Waals surface area (Å²) in [5, 5.41) is 11.2. The first-order valence-electron chi connectivity index (χ1n) is 10.3. The van der Waals surface area contributed by atoms with Gasteiger partial charge >= 0.3 is 5.97 Å². The molecule has 4 rings (SSSR count). The Morgan fingerprint density at radius 2 is 2.07 bits per heavy atom. The molecule has 4 aliphatic carbocycles. The van der Waals surface area contributed by atoms with Crippen molar-refractivity contribution < 1.29 is 24.2 Å². The van der Waals surface area contributed by atoms with Gasteiger partial charge in [-0.3, -0.25) is 9.59 Å². The number of ketones is 2. The molecule has 0 aromatic rings. The van der Waals surface area contributed by atoms with E-state index >= 15 is 0 Å². The van der Waals surface area contributed by atoms with Crippen LogP contribution >= 0.6 is 0 Å². The molecule has 5 heteroatoms. The molecule has 0 aromatic heterocycles. The highest BCUT2D eigenvalue weighted by Gasteiger charge is 2.61. The van der Waals surface area contributed by atoms with E-state index in [0.29, 0.717) is 12.0 Å². The lowest BCUT2D eigenvalue weighted by molar-refractivity contribution is -0.153. The van der Waals surface area contributed by atoms with Crippen molar-refractivity contribution >= 4 is 17.5 Å². The molecule has 0 heterocycles. The summed E-state index contributed by atoms with van der Waals surface area (Å²) >= 11 is 0. The largest absolute Gasteiger partial charge is 0.460 e. The molecule has 2 fully saturated rings. The average Bonchev–Trinajstić information content (AvgIpc) is 2.98. The third-order valence-corrected chi connectivity index (χ3v) is 7.78. The van der Waals surface area contributed by atoms with Crippen molar-refractivity contribution in [2.45, 2.75) is 52.6 Å². The van der Waals surface area contributed by atoms with Crippen LogP contribution in [-0.4, -0.2) is 35.4 Å². The van der Waals surface area contributed by atoms with Crippen molar-refractivity contribution in [3.8, 4) is 0 Å². The van der Waals surface area contributed by atoms with Gasteiger partial charge in [0.05, 0.1) is 12.7 Å². The minimum atomic E-state index is -0.804. The number of Topliss-reactive ketones (excluding diaryl/α,β-unsaturated/α-hetero) is 1. The molecule has 0 radical (unpaired) electrons. The van der Waals surface area contributed by atoms with Gasteiger partial charge in [0.2, 0.25) is 0 Å². The molecule has 0 spiro atoms. The van der Waals surface area contributed by atoms with Crippen LogP contribution in [0.15, 0.2) is 35.5 Å². The Balaban J connectivity index is 1.66. The maximum Gasteiger partial charge on any atom is 0.379 e. The molecule has 1 N–H and O–H groups in total. The van der Waals surface area contributed by atoms with Gasteiger partial charge in [-0.05, 0) is 56.6 Å². The third kappa shape index (κ3) is 2.59. The number of carbonyl (C=O) groups is 3. The maximum atomic E-state index is 12.7. The Kier molecular flexibility index (Phi) is 4.49. The number of hydrogen-bond acceptors (Lipinski definition) is 5. The van der Waals surface area contributed by atoms with Crippen LogP contribution in [-0.2, 0) is 19.1 Å². The molecule has 3 unspecified atom stereocenters. The Morgan fingerprint density at radius 1 is 1.32 bits per heavy atom. The van der Waals surface area contributed by atoms with Gasteiger partial charge in [0, 0.05) is 22.3 Å². The molecule has 0 bridgehead atoms. The fraction of sp³-hybridized carbons (Fsp3) is 0.609. The van der Waals surface area contributed by atoms with Gasteiger partial charge in [-0.2, -0.15) is 0 Å². The van der Waals surface area contributed by atoms with Gasteiger partial charge < -0.3 is 9.84 Å². The van der Waals surface area contributed by atoms with Crippen LogP contribution in [0.3, 0.4) is 0 Å². The quantitative estimate of drug-likeness (QED) is 0.598. The van der Waals surface area contributed by atoms with Crippen LogP contribution in [0.5, 0.6) is 0 Å². The predicted molar refractivity (Wildman–Crippen MR) is 103 cm³/mol. The second-order valence-corrected chi connectivity index (χ2v) is 9.11. The standard InChI is InChI=1S/C23H28O5/c1-4-28-21(27)20(26)17-8-7-16-15-6-5-13-11-14(24)9-10-22(13,2)19(15)18(25)12-23(16,17)3/h8-11,15-16,18-19,25H,4-7,12H2,1-3H3/t15?,16?,18-,19?,22-,23-/m0/s1. The second kappa shape index (κ2) is 6.51. The highest BCUT2D eigenvalue weighted by molar-refractivity contribution is 6.40. The van der Waals surface area contributed by atoms with E-state index in [1.165, 1.54) is 0 Å². The zero-order chi connectivity index (χ0) is 20.3. The SMILES string of the molecule is CCOC(=O)C(=O)C1=CCC2C3CCC4=CC(=O)C=C[C@]4(C)C3[C@@H](O)C[C@]12C. The lowest BCUT2D eigenvalue weighted by Crippen LogP contribution is -2.56. The van der Waals surface area contributed by atoms with Gasteiger partial charge in [-0.25, -0.2) is 4.79 Å². The first kappa shape index (κ1) is 19.3. The lowest BCUT2D eigenvalue weighted by atomic mass is 9.47. The third-order valence-electron chi connectivity index (χ3n) is 7.78. The van der Waals surface area contributed by atoms with Gasteiger partial charge in [0.15, 0.2) is 5.78 Å². The number of carbonyl (C=O) groups excluding carboxylic acids is 3. The van der Waals surface area contributed by atoms with Crippen molar-refractivity contribution in [3.63, 3.8) is 0 Å². The predicted octanol–water partition coefficient (Wildman–Crippen LogP) is 2.93. The molecule has 28 heavy (non-hydrogen) atoms. The topological polar surface area (TPSA) is 80.7 Å². The molecule has 0 saturated heterocycles. The fourth-order valence-corrected chi connectivity index (χ4v) is 6.55. The van der Waals surface area contributed by atoms with E-state index in [0.717, 1.165) is 24.8 Å². The number of allylic oxidation sites excluding steroid dienone is 5. The maximum absolute atomic E-state index is 12.7. The number of fused-ring (bicyclic) bond motifs is 5. The van der Waals surface area contributed by atoms with Crippen molar-refractivity contribution in [1.82, 2.24) is 0 Å². The van der Waals surface area contributed by atoms with Crippen molar-refractivity contribution in [2.24, 2.45) is 28.6 Å². The summed E-state index contributed by atoms with van der Waals surface area (Å²) in [6.45, 7) is 5.99. The highest BCUT2D eigenvalue weighted by atomic mass is 16.5. The molecule has 2 saturated carbocycles. The van der Waals surface area contributed by atoms with E-state index in [1.54, 1.807) is 19.1 Å². The molecule has 6 atom stereocenters. The highest BCUT2D eigenvalue weighted by Crippen LogP contribution is 2.64. The minimum Gasteiger partial charge on any atom is -0.460 e. The van der Waals surface area contributed by atoms with Gasteiger partial charge in [-0.15, -0.1) is 0 Å². The van der Waals surface area contributed by atoms with E-state index in [-0.39, 0.29) is 35.6 Å². The molecule has 150 valence electrons. The number of aliphatic hydroxyl groups excluding tert-OH is 1. The Bertz CT molecular complexity index is 834. The van der Waals surface area contributed by atoms with Crippen LogP contribution < -0.4 is 0 Å². The van der Waals surface area contributed by atoms with E-state index < -0.39 is 23.3 Å². The summed E-state index contributed by atoms with van der Waals surface area (Å²) in [7, 11) is 0. The summed E-state index contributed by atoms with van der Waals surface area (Å²) in [5.41, 5.74) is 0.772. The molecule has 0 aromatic carbocycles. The number of ether oxygens (including phenoxy) is 1. The molecule has 0 amide bonds. The number of hydrogen-bond donors (Lipinski definition) is 1. The molecule has 4 aliphatic rings. The first-order chi connectivity index (χ1) is 13.2. The monoisotopic (exact) mass is 384 g/mol. The smallest absolute Gasteiger partial charge is 0.379 e. The zero-order valence-corrected chi connectivity index (χ0v) is 16.7. The van der Waals surface area contributed by atoms with Crippen LogP contribution in [0.1, 0.15) is 46.5 Å². The van der Waals surface area contributed by atoms with Crippen LogP contribution in [0.4, 0.5) is 0 Å². The number of rotatable bonds is 3. The van der Waals surface area contributed by atoms with E-state index in [1.807, 2.05) is 19.1 Å². The van der Waals surface area contributed by atoms with E-state index in [2.05, 4.69) is 6.92 Å². The van der Waals surface area contributed by atoms with Crippen LogP contribution in [0.25, 0.3) is 0 Å². The second-order valence-electron chi connectivity index (χ2n) is 9.11. The normalized spacial score (nSPS) is 41.4. The minimum absolute atomic E-state index is 0.0142. The van der Waals surface area contributed by atoms with Gasteiger partial charge in [-0.1, -0.05) is 31.6 Å². The van der Waals surface area contributed by atoms with Crippen molar-refractivity contribution in [1.29, 1.82) is 0 Å². The van der Waals surface area contributed by atoms with Crippen molar-refractivity contribution in [2.75, 3.05) is 6.61 Å². The average molecular weight is 384 g/mol. The first-order valence-corrected chi connectivity index (χ1v) is 10.3. The molecular weight excluding hydrogens is 356 g/mol. The Hall–Kier alpha value is -2.01. The summed E-state index contributed by atoms with van der Waals surface area (Å²) in [6.07, 6.45) is 9.52. The lowest BCUT2D eigenvalue weighted by Gasteiger charge is -2.58. The fourth-order valence-electron chi connectivity index (χ4n) is 6.55. The summed E-state index contributed by atoms with van der Waals surface area (Å²) < 4.78 is 4.93. The summed E-state index contributed by atoms with van der Waals surface area (Å²) in [6, 6.07) is 0. The summed E-state index contributed by atoms with van der Waals surface area (Å²) in [4.78, 5) is 36.6. The van der Waals surface area contributed by atoms with Gasteiger partial charge in [0.1, 0.15) is 0 Å². The molecule has 0 aliphatic heterocycles. The van der Waals surface area contributed by atoms with E-state index in [4.69, 9.17) is 4.74 Å². The van der Waals surface area contributed by atoms with E-state index in [9.17, 15) is 19.5 Å². The molecular formula is C23H28O5.